The number of hydrogen-bond donors (Lipinski definition) is 1. The molecular weight excluding hydrogens is 260 g/mol. The second kappa shape index (κ2) is 6.46. The minimum Gasteiger partial charge on any atom is -0.379 e. The van der Waals surface area contributed by atoms with Crippen LogP contribution in [0, 0.1) is 5.92 Å². The van der Waals surface area contributed by atoms with Gasteiger partial charge in [0, 0.05) is 36.1 Å². The lowest BCUT2D eigenvalue weighted by Crippen LogP contribution is -2.40. The highest BCUT2D eigenvalue weighted by Crippen LogP contribution is 2.28. The van der Waals surface area contributed by atoms with Crippen molar-refractivity contribution >= 4 is 16.5 Å². The monoisotopic (exact) mass is 284 g/mol. The Morgan fingerprint density at radius 2 is 1.95 bits per heavy atom. The largest absolute Gasteiger partial charge is 0.379 e. The first-order valence-electron chi connectivity index (χ1n) is 7.81. The highest BCUT2D eigenvalue weighted by Gasteiger charge is 2.28. The van der Waals surface area contributed by atoms with Gasteiger partial charge >= 0.3 is 0 Å². The number of ether oxygens (including phenoxy) is 1. The third kappa shape index (κ3) is 2.89. The molecule has 2 aromatic carbocycles. The smallest absolute Gasteiger partial charge is 0.0623 e. The molecule has 0 spiro atoms. The van der Waals surface area contributed by atoms with E-state index in [1.807, 2.05) is 7.05 Å². The molecule has 0 amide bonds. The zero-order valence-electron chi connectivity index (χ0n) is 12.9. The molecule has 21 heavy (non-hydrogen) atoms. The van der Waals surface area contributed by atoms with Gasteiger partial charge in [-0.2, -0.15) is 0 Å². The average molecular weight is 284 g/mol. The van der Waals surface area contributed by atoms with Crippen LogP contribution in [0.25, 0.3) is 10.8 Å². The molecule has 3 heteroatoms. The zero-order valence-corrected chi connectivity index (χ0v) is 12.9. The highest BCUT2D eigenvalue weighted by molar-refractivity contribution is 5.94. The van der Waals surface area contributed by atoms with Crippen LogP contribution < -0.4 is 10.2 Å². The third-order valence-electron chi connectivity index (χ3n) is 4.51. The normalized spacial score (nSPS) is 21.8. The van der Waals surface area contributed by atoms with E-state index in [0.29, 0.717) is 12.0 Å². The summed E-state index contributed by atoms with van der Waals surface area (Å²) in [4.78, 5) is 2.48. The van der Waals surface area contributed by atoms with Crippen molar-refractivity contribution in [2.24, 2.45) is 5.92 Å². The Balaban J connectivity index is 1.88. The lowest BCUT2D eigenvalue weighted by molar-refractivity contribution is 0.183. The van der Waals surface area contributed by atoms with E-state index in [1.54, 1.807) is 0 Å². The van der Waals surface area contributed by atoms with Crippen molar-refractivity contribution in [3.63, 3.8) is 0 Å². The quantitative estimate of drug-likeness (QED) is 0.913. The van der Waals surface area contributed by atoms with Gasteiger partial charge in [0.05, 0.1) is 13.2 Å². The number of likely N-dealkylation sites (N-methyl/N-ethyl adjacent to an activating group) is 1. The second-order valence-corrected chi connectivity index (χ2v) is 5.73. The SMILES string of the molecule is CCN(CC1COCC1NC)c1cccc2ccccc12. The summed E-state index contributed by atoms with van der Waals surface area (Å²) < 4.78 is 5.64. The number of hydrogen-bond acceptors (Lipinski definition) is 3. The van der Waals surface area contributed by atoms with Gasteiger partial charge in [-0.15, -0.1) is 0 Å². The fourth-order valence-corrected chi connectivity index (χ4v) is 3.26. The average Bonchev–Trinajstić information content (AvgIpc) is 2.99. The summed E-state index contributed by atoms with van der Waals surface area (Å²) in [5.41, 5.74) is 1.33. The highest BCUT2D eigenvalue weighted by atomic mass is 16.5. The Labute approximate surface area is 126 Å². The summed E-state index contributed by atoms with van der Waals surface area (Å²) in [6.45, 7) is 5.96. The van der Waals surface area contributed by atoms with Gasteiger partial charge in [0.1, 0.15) is 0 Å². The second-order valence-electron chi connectivity index (χ2n) is 5.73. The molecule has 0 aliphatic carbocycles. The Hall–Kier alpha value is -1.58. The molecule has 2 atom stereocenters. The van der Waals surface area contributed by atoms with Crippen LogP contribution in [0.2, 0.25) is 0 Å². The maximum Gasteiger partial charge on any atom is 0.0623 e. The van der Waals surface area contributed by atoms with Crippen LogP contribution in [0.15, 0.2) is 42.5 Å². The fraction of sp³-hybridized carbons (Fsp3) is 0.444. The summed E-state index contributed by atoms with van der Waals surface area (Å²) in [5.74, 6) is 0.550. The van der Waals surface area contributed by atoms with Gasteiger partial charge in [0.2, 0.25) is 0 Å². The van der Waals surface area contributed by atoms with E-state index in [4.69, 9.17) is 4.74 Å². The van der Waals surface area contributed by atoms with Crippen LogP contribution in [0.4, 0.5) is 5.69 Å². The van der Waals surface area contributed by atoms with Crippen LogP contribution in [-0.2, 0) is 4.74 Å². The number of nitrogens with zero attached hydrogens (tertiary/aromatic N) is 1. The zero-order chi connectivity index (χ0) is 14.7. The maximum absolute atomic E-state index is 5.64. The minimum absolute atomic E-state index is 0.467. The van der Waals surface area contributed by atoms with E-state index >= 15 is 0 Å². The van der Waals surface area contributed by atoms with E-state index in [2.05, 4.69) is 59.6 Å². The third-order valence-corrected chi connectivity index (χ3v) is 4.51. The molecule has 3 rings (SSSR count). The number of fused-ring (bicyclic) bond motifs is 1. The Bertz CT molecular complexity index is 593. The molecule has 0 bridgehead atoms. The maximum atomic E-state index is 5.64. The molecular formula is C18H24N2O. The summed E-state index contributed by atoms with van der Waals surface area (Å²) >= 11 is 0. The number of rotatable bonds is 5. The summed E-state index contributed by atoms with van der Waals surface area (Å²) in [5, 5.41) is 6.02. The predicted octanol–water partition coefficient (Wildman–Crippen LogP) is 2.90. The standard InChI is InChI=1S/C18H24N2O/c1-3-20(11-15-12-21-13-17(15)19-2)18-10-6-8-14-7-4-5-9-16(14)18/h4-10,15,17,19H,3,11-13H2,1-2H3. The van der Waals surface area contributed by atoms with Gasteiger partial charge in [0.25, 0.3) is 0 Å². The molecule has 1 fully saturated rings. The van der Waals surface area contributed by atoms with Crippen molar-refractivity contribution < 1.29 is 4.74 Å². The first-order valence-corrected chi connectivity index (χ1v) is 7.81. The van der Waals surface area contributed by atoms with Crippen LogP contribution in [0.1, 0.15) is 6.92 Å². The Morgan fingerprint density at radius 3 is 2.76 bits per heavy atom. The van der Waals surface area contributed by atoms with Gasteiger partial charge in [-0.25, -0.2) is 0 Å². The van der Waals surface area contributed by atoms with E-state index in [9.17, 15) is 0 Å². The summed E-state index contributed by atoms with van der Waals surface area (Å²) in [7, 11) is 2.03. The predicted molar refractivity (Wildman–Crippen MR) is 89.0 cm³/mol. The number of nitrogens with one attached hydrogen (secondary N) is 1. The Morgan fingerprint density at radius 1 is 1.14 bits per heavy atom. The lowest BCUT2D eigenvalue weighted by atomic mass is 10.0. The molecule has 1 aliphatic rings. The van der Waals surface area contributed by atoms with Crippen LogP contribution in [-0.4, -0.2) is 39.4 Å². The summed E-state index contributed by atoms with van der Waals surface area (Å²) in [6.07, 6.45) is 0. The molecule has 0 saturated carbocycles. The molecule has 112 valence electrons. The van der Waals surface area contributed by atoms with Crippen LogP contribution in [0.3, 0.4) is 0 Å². The van der Waals surface area contributed by atoms with Crippen molar-refractivity contribution in [3.8, 4) is 0 Å². The molecule has 0 aromatic heterocycles. The molecule has 1 N–H and O–H groups in total. The minimum atomic E-state index is 0.467. The van der Waals surface area contributed by atoms with E-state index in [1.165, 1.54) is 16.5 Å². The lowest BCUT2D eigenvalue weighted by Gasteiger charge is -2.29. The molecule has 3 nitrogen and oxygen atoms in total. The molecule has 2 unspecified atom stereocenters. The van der Waals surface area contributed by atoms with Crippen molar-refractivity contribution in [1.82, 2.24) is 5.32 Å². The van der Waals surface area contributed by atoms with Gasteiger partial charge in [-0.3, -0.25) is 0 Å². The van der Waals surface area contributed by atoms with Crippen LogP contribution in [0.5, 0.6) is 0 Å². The van der Waals surface area contributed by atoms with Crippen molar-refractivity contribution in [1.29, 1.82) is 0 Å². The van der Waals surface area contributed by atoms with Gasteiger partial charge in [-0.1, -0.05) is 36.4 Å². The van der Waals surface area contributed by atoms with Crippen molar-refractivity contribution in [2.75, 3.05) is 38.3 Å². The summed E-state index contributed by atoms with van der Waals surface area (Å²) in [6, 6.07) is 15.7. The van der Waals surface area contributed by atoms with Gasteiger partial charge in [0.15, 0.2) is 0 Å². The van der Waals surface area contributed by atoms with Crippen molar-refractivity contribution in [3.05, 3.63) is 42.5 Å². The first kappa shape index (κ1) is 14.4. The van der Waals surface area contributed by atoms with Crippen molar-refractivity contribution in [2.45, 2.75) is 13.0 Å². The van der Waals surface area contributed by atoms with Gasteiger partial charge < -0.3 is 15.0 Å². The molecule has 0 radical (unpaired) electrons. The molecule has 1 aliphatic heterocycles. The van der Waals surface area contributed by atoms with E-state index in [-0.39, 0.29) is 0 Å². The molecule has 2 aromatic rings. The topological polar surface area (TPSA) is 24.5 Å². The van der Waals surface area contributed by atoms with Gasteiger partial charge in [-0.05, 0) is 25.4 Å². The van der Waals surface area contributed by atoms with E-state index in [0.717, 1.165) is 26.3 Å². The Kier molecular flexibility index (Phi) is 4.42. The van der Waals surface area contributed by atoms with E-state index < -0.39 is 0 Å². The fourth-order valence-electron chi connectivity index (χ4n) is 3.26. The first-order chi connectivity index (χ1) is 10.3. The number of anilines is 1. The molecule has 1 heterocycles. The van der Waals surface area contributed by atoms with Crippen LogP contribution >= 0.6 is 0 Å². The number of benzene rings is 2. The molecule has 1 saturated heterocycles.